The van der Waals surface area contributed by atoms with Crippen molar-refractivity contribution in [3.8, 4) is 67.9 Å². The van der Waals surface area contributed by atoms with Crippen molar-refractivity contribution in [2.75, 3.05) is 0 Å². The van der Waals surface area contributed by atoms with Gasteiger partial charge in [-0.1, -0.05) is 166 Å². The van der Waals surface area contributed by atoms with Crippen molar-refractivity contribution < 1.29 is 4.42 Å². The van der Waals surface area contributed by atoms with Gasteiger partial charge in [0.1, 0.15) is 5.52 Å². The fourth-order valence-corrected chi connectivity index (χ4v) is 8.59. The minimum absolute atomic E-state index is 0.111. The molecule has 0 radical (unpaired) electrons. The van der Waals surface area contributed by atoms with Crippen LogP contribution in [-0.4, -0.2) is 19.9 Å². The molecule has 56 heavy (non-hydrogen) atoms. The summed E-state index contributed by atoms with van der Waals surface area (Å²) in [6, 6.07) is 59.0. The molecule has 2 aromatic heterocycles. The van der Waals surface area contributed by atoms with E-state index in [1.54, 1.807) is 0 Å². The van der Waals surface area contributed by atoms with Gasteiger partial charge in [0.2, 0.25) is 5.89 Å². The summed E-state index contributed by atoms with van der Waals surface area (Å²) in [4.78, 5) is 20.2. The third-order valence-corrected chi connectivity index (χ3v) is 11.4. The minimum Gasteiger partial charge on any atom is -0.435 e. The molecule has 0 bridgehead atoms. The largest absolute Gasteiger partial charge is 0.435 e. The van der Waals surface area contributed by atoms with E-state index in [-0.39, 0.29) is 5.41 Å². The molecule has 0 atom stereocenters. The van der Waals surface area contributed by atoms with E-state index in [0.29, 0.717) is 23.4 Å². The first-order valence-electron chi connectivity index (χ1n) is 19.0. The minimum atomic E-state index is -0.111. The zero-order valence-corrected chi connectivity index (χ0v) is 30.9. The SMILES string of the molecule is CC1(C)c2ccccc2-c2c1ccc1ccc3nc(-c4ccccc4-c4ccc5cccc(-c6nc(-c7ccccc7)nc(-c7ccccc7)n6)c5c4)oc3c21. The van der Waals surface area contributed by atoms with Gasteiger partial charge in [-0.15, -0.1) is 0 Å². The molecule has 1 aliphatic rings. The molecular weight excluding hydrogens is 685 g/mol. The summed E-state index contributed by atoms with van der Waals surface area (Å²) < 4.78 is 6.89. The smallest absolute Gasteiger partial charge is 0.227 e. The summed E-state index contributed by atoms with van der Waals surface area (Å²) in [6.07, 6.45) is 0. The Bertz CT molecular complexity index is 3110. The lowest BCUT2D eigenvalue weighted by atomic mass is 9.82. The molecule has 0 saturated heterocycles. The average molecular weight is 719 g/mol. The molecule has 0 saturated carbocycles. The topological polar surface area (TPSA) is 64.7 Å². The summed E-state index contributed by atoms with van der Waals surface area (Å²) in [5, 5.41) is 4.40. The van der Waals surface area contributed by atoms with Gasteiger partial charge in [0, 0.05) is 33.1 Å². The molecule has 1 aliphatic carbocycles. The number of hydrogen-bond acceptors (Lipinski definition) is 5. The summed E-state index contributed by atoms with van der Waals surface area (Å²) in [6.45, 7) is 4.62. The highest BCUT2D eigenvalue weighted by molar-refractivity contribution is 6.14. The Labute approximate surface area is 324 Å². The van der Waals surface area contributed by atoms with Crippen molar-refractivity contribution in [3.05, 3.63) is 181 Å². The van der Waals surface area contributed by atoms with E-state index >= 15 is 0 Å². The summed E-state index contributed by atoms with van der Waals surface area (Å²) in [5.74, 6) is 2.48. The van der Waals surface area contributed by atoms with Gasteiger partial charge in [0.25, 0.3) is 0 Å². The van der Waals surface area contributed by atoms with Gasteiger partial charge < -0.3 is 4.42 Å². The van der Waals surface area contributed by atoms with Crippen molar-refractivity contribution in [1.29, 1.82) is 0 Å². The van der Waals surface area contributed by atoms with E-state index in [1.807, 2.05) is 60.7 Å². The number of nitrogens with zero attached hydrogens (tertiary/aromatic N) is 4. The highest BCUT2D eigenvalue weighted by Gasteiger charge is 2.37. The van der Waals surface area contributed by atoms with Crippen LogP contribution in [0.2, 0.25) is 0 Å². The van der Waals surface area contributed by atoms with Crippen LogP contribution in [0.25, 0.3) is 101 Å². The summed E-state index contributed by atoms with van der Waals surface area (Å²) in [5.41, 5.74) is 12.5. The number of aromatic nitrogens is 4. The second-order valence-corrected chi connectivity index (χ2v) is 15.0. The van der Waals surface area contributed by atoms with Gasteiger partial charge in [0.15, 0.2) is 23.1 Å². The van der Waals surface area contributed by atoms with Crippen molar-refractivity contribution in [2.45, 2.75) is 19.3 Å². The van der Waals surface area contributed by atoms with Gasteiger partial charge in [-0.05, 0) is 67.7 Å². The van der Waals surface area contributed by atoms with E-state index in [0.717, 1.165) is 66.0 Å². The molecule has 0 spiro atoms. The van der Waals surface area contributed by atoms with Crippen LogP contribution in [0, 0.1) is 0 Å². The standard InChI is InChI=1S/C51H34N4O/c1-51(2)41-23-12-11-21-39(41)45-42(51)28-26-32-27-29-43-46(44(32)45)56-50(52-43)38-20-10-9-19-36(38)35-25-24-31-18-13-22-37(40(31)30-35)49-54-47(33-14-5-3-6-15-33)53-48(55-49)34-16-7-4-8-17-34/h3-30H,1-2H3. The monoisotopic (exact) mass is 718 g/mol. The van der Waals surface area contributed by atoms with Crippen molar-refractivity contribution >= 4 is 32.6 Å². The first-order valence-corrected chi connectivity index (χ1v) is 19.0. The van der Waals surface area contributed by atoms with Crippen LogP contribution >= 0.6 is 0 Å². The highest BCUT2D eigenvalue weighted by atomic mass is 16.3. The Kier molecular flexibility index (Phi) is 7.13. The zero-order chi connectivity index (χ0) is 37.4. The number of hydrogen-bond donors (Lipinski definition) is 0. The van der Waals surface area contributed by atoms with Crippen molar-refractivity contribution in [1.82, 2.24) is 19.9 Å². The molecule has 0 fully saturated rings. The normalized spacial score (nSPS) is 13.0. The first kappa shape index (κ1) is 32.2. The molecule has 11 rings (SSSR count). The van der Waals surface area contributed by atoms with Crippen LogP contribution < -0.4 is 0 Å². The fraction of sp³-hybridized carbons (Fsp3) is 0.0588. The molecule has 5 heteroatoms. The number of fused-ring (bicyclic) bond motifs is 8. The molecule has 0 amide bonds. The number of benzene rings is 8. The quantitative estimate of drug-likeness (QED) is 0.177. The maximum absolute atomic E-state index is 6.89. The predicted molar refractivity (Wildman–Crippen MR) is 227 cm³/mol. The van der Waals surface area contributed by atoms with Crippen LogP contribution in [0.15, 0.2) is 174 Å². The molecule has 2 heterocycles. The molecule has 0 aliphatic heterocycles. The predicted octanol–water partition coefficient (Wildman–Crippen LogP) is 13.0. The molecular formula is C51H34N4O. The average Bonchev–Trinajstić information content (AvgIpc) is 3.80. The maximum atomic E-state index is 6.89. The van der Waals surface area contributed by atoms with Gasteiger partial charge in [-0.3, -0.25) is 0 Å². The Balaban J connectivity index is 1.07. The van der Waals surface area contributed by atoms with E-state index in [4.69, 9.17) is 24.4 Å². The van der Waals surface area contributed by atoms with Gasteiger partial charge >= 0.3 is 0 Å². The van der Waals surface area contributed by atoms with E-state index in [9.17, 15) is 0 Å². The molecule has 264 valence electrons. The van der Waals surface area contributed by atoms with Crippen molar-refractivity contribution in [3.63, 3.8) is 0 Å². The highest BCUT2D eigenvalue weighted by Crippen LogP contribution is 2.52. The fourth-order valence-electron chi connectivity index (χ4n) is 8.59. The molecule has 10 aromatic rings. The lowest BCUT2D eigenvalue weighted by Gasteiger charge is -2.21. The Hall–Kier alpha value is -7.24. The molecule has 0 unspecified atom stereocenters. The number of rotatable bonds is 5. The maximum Gasteiger partial charge on any atom is 0.227 e. The van der Waals surface area contributed by atoms with Crippen LogP contribution in [0.1, 0.15) is 25.0 Å². The summed E-state index contributed by atoms with van der Waals surface area (Å²) in [7, 11) is 0. The van der Waals surface area contributed by atoms with Gasteiger partial charge in [-0.2, -0.15) is 0 Å². The Morgan fingerprint density at radius 3 is 1.79 bits per heavy atom. The number of oxazole rings is 1. The van der Waals surface area contributed by atoms with Crippen LogP contribution in [-0.2, 0) is 5.41 Å². The van der Waals surface area contributed by atoms with E-state index in [2.05, 4.69) is 123 Å². The van der Waals surface area contributed by atoms with Crippen LogP contribution in [0.4, 0.5) is 0 Å². The van der Waals surface area contributed by atoms with Gasteiger partial charge in [-0.25, -0.2) is 19.9 Å². The summed E-state index contributed by atoms with van der Waals surface area (Å²) >= 11 is 0. The Morgan fingerprint density at radius 1 is 0.429 bits per heavy atom. The van der Waals surface area contributed by atoms with E-state index in [1.165, 1.54) is 22.3 Å². The first-order chi connectivity index (χ1) is 27.5. The lowest BCUT2D eigenvalue weighted by Crippen LogP contribution is -2.14. The molecule has 5 nitrogen and oxygen atoms in total. The molecule has 0 N–H and O–H groups in total. The van der Waals surface area contributed by atoms with E-state index < -0.39 is 0 Å². The third-order valence-electron chi connectivity index (χ3n) is 11.4. The molecule has 8 aromatic carbocycles. The lowest BCUT2D eigenvalue weighted by molar-refractivity contribution is 0.623. The second kappa shape index (κ2) is 12.4. The van der Waals surface area contributed by atoms with Gasteiger partial charge in [0.05, 0.1) is 0 Å². The van der Waals surface area contributed by atoms with Crippen LogP contribution in [0.3, 0.4) is 0 Å². The van der Waals surface area contributed by atoms with Crippen LogP contribution in [0.5, 0.6) is 0 Å². The third kappa shape index (κ3) is 5.01. The zero-order valence-electron chi connectivity index (χ0n) is 30.9. The second-order valence-electron chi connectivity index (χ2n) is 15.0. The van der Waals surface area contributed by atoms with Crippen molar-refractivity contribution in [2.24, 2.45) is 0 Å². The Morgan fingerprint density at radius 2 is 1.04 bits per heavy atom.